The summed E-state index contributed by atoms with van der Waals surface area (Å²) in [5.74, 6) is 0. The zero-order valence-electron chi connectivity index (χ0n) is 21.2. The van der Waals surface area contributed by atoms with Gasteiger partial charge >= 0.3 is 0 Å². The van der Waals surface area contributed by atoms with E-state index in [-0.39, 0.29) is 0 Å². The molecule has 1 aliphatic rings. The molecule has 1 aliphatic heterocycles. The molecule has 0 radical (unpaired) electrons. The summed E-state index contributed by atoms with van der Waals surface area (Å²) >= 11 is 0. The molecule has 30 heavy (non-hydrogen) atoms. The molecule has 0 saturated carbocycles. The maximum absolute atomic E-state index is 2.67. The van der Waals surface area contributed by atoms with Crippen molar-refractivity contribution >= 4 is 0 Å². The Kier molecular flexibility index (Phi) is 18.5. The van der Waals surface area contributed by atoms with Gasteiger partial charge in [0.15, 0.2) is 0 Å². The monoisotopic (exact) mass is 420 g/mol. The summed E-state index contributed by atoms with van der Waals surface area (Å²) in [5.41, 5.74) is 0. The van der Waals surface area contributed by atoms with Gasteiger partial charge in [-0.15, -0.1) is 0 Å². The minimum atomic E-state index is 0.645. The van der Waals surface area contributed by atoms with Crippen LogP contribution in [0, 0.1) is 0 Å². The lowest BCUT2D eigenvalue weighted by atomic mass is 10.1. The molecule has 0 aliphatic carbocycles. The molecule has 2 heteroatoms. The average molecular weight is 421 g/mol. The third-order valence-corrected chi connectivity index (χ3v) is 6.82. The standard InChI is InChI=1S/C28H56N2/c1-4-7-10-13-15-16-17-20-23-28-29(24-21-18-12-9-6-3)26-27-30(28)25-22-19-14-11-8-5-2/h26-28H,4-25H2,1-3H3. The smallest absolute Gasteiger partial charge is 0.101 e. The second-order valence-electron chi connectivity index (χ2n) is 9.70. The summed E-state index contributed by atoms with van der Waals surface area (Å²) < 4.78 is 0. The highest BCUT2D eigenvalue weighted by Crippen LogP contribution is 2.23. The van der Waals surface area contributed by atoms with Crippen molar-refractivity contribution in [3.63, 3.8) is 0 Å². The maximum Gasteiger partial charge on any atom is 0.101 e. The molecule has 0 fully saturated rings. The molecular formula is C28H56N2. The summed E-state index contributed by atoms with van der Waals surface area (Å²) in [6.45, 7) is 9.44. The fraction of sp³-hybridized carbons (Fsp3) is 0.929. The molecule has 0 aromatic rings. The van der Waals surface area contributed by atoms with Gasteiger partial charge in [0, 0.05) is 25.5 Å². The highest BCUT2D eigenvalue weighted by atomic mass is 15.4. The van der Waals surface area contributed by atoms with Crippen molar-refractivity contribution in [1.82, 2.24) is 9.80 Å². The average Bonchev–Trinajstić information content (AvgIpc) is 3.14. The summed E-state index contributed by atoms with van der Waals surface area (Å²) in [6.07, 6.45) is 33.5. The Bertz CT molecular complexity index is 379. The molecule has 0 bridgehead atoms. The van der Waals surface area contributed by atoms with Gasteiger partial charge in [-0.1, -0.05) is 124 Å². The van der Waals surface area contributed by atoms with E-state index in [0.29, 0.717) is 6.17 Å². The third-order valence-electron chi connectivity index (χ3n) is 6.82. The van der Waals surface area contributed by atoms with Gasteiger partial charge in [0.2, 0.25) is 0 Å². The summed E-state index contributed by atoms with van der Waals surface area (Å²) in [6, 6.07) is 0. The fourth-order valence-corrected chi connectivity index (χ4v) is 4.77. The molecule has 1 atom stereocenters. The summed E-state index contributed by atoms with van der Waals surface area (Å²) in [7, 11) is 0. The Balaban J connectivity index is 2.29. The molecule has 0 N–H and O–H groups in total. The van der Waals surface area contributed by atoms with Crippen LogP contribution >= 0.6 is 0 Å². The van der Waals surface area contributed by atoms with Gasteiger partial charge in [-0.05, 0) is 25.7 Å². The van der Waals surface area contributed by atoms with E-state index in [1.807, 2.05) is 0 Å². The van der Waals surface area contributed by atoms with E-state index in [4.69, 9.17) is 0 Å². The molecule has 0 aromatic carbocycles. The topological polar surface area (TPSA) is 6.48 Å². The van der Waals surface area contributed by atoms with Crippen LogP contribution in [-0.2, 0) is 0 Å². The molecule has 0 saturated heterocycles. The zero-order valence-corrected chi connectivity index (χ0v) is 21.2. The van der Waals surface area contributed by atoms with E-state index >= 15 is 0 Å². The Morgan fingerprint density at radius 2 is 0.767 bits per heavy atom. The second-order valence-corrected chi connectivity index (χ2v) is 9.70. The largest absolute Gasteiger partial charge is 0.356 e. The lowest BCUT2D eigenvalue weighted by Gasteiger charge is -2.33. The summed E-state index contributed by atoms with van der Waals surface area (Å²) in [5, 5.41) is 0. The number of hydrogen-bond acceptors (Lipinski definition) is 2. The van der Waals surface area contributed by atoms with Crippen molar-refractivity contribution in [2.75, 3.05) is 13.1 Å². The zero-order chi connectivity index (χ0) is 21.7. The van der Waals surface area contributed by atoms with Gasteiger partial charge in [-0.25, -0.2) is 0 Å². The highest BCUT2D eigenvalue weighted by molar-refractivity contribution is 4.97. The van der Waals surface area contributed by atoms with E-state index in [9.17, 15) is 0 Å². The summed E-state index contributed by atoms with van der Waals surface area (Å²) in [4.78, 5) is 5.34. The Labute approximate surface area is 190 Å². The van der Waals surface area contributed by atoms with Gasteiger partial charge in [0.05, 0.1) is 0 Å². The second kappa shape index (κ2) is 20.3. The molecule has 2 nitrogen and oxygen atoms in total. The predicted molar refractivity (Wildman–Crippen MR) is 136 cm³/mol. The first-order valence-electron chi connectivity index (χ1n) is 14.0. The fourth-order valence-electron chi connectivity index (χ4n) is 4.77. The highest BCUT2D eigenvalue weighted by Gasteiger charge is 2.24. The number of hydrogen-bond donors (Lipinski definition) is 0. The van der Waals surface area contributed by atoms with Crippen molar-refractivity contribution in [2.24, 2.45) is 0 Å². The third kappa shape index (κ3) is 13.6. The van der Waals surface area contributed by atoms with E-state index in [1.54, 1.807) is 0 Å². The first-order valence-corrected chi connectivity index (χ1v) is 14.0. The van der Waals surface area contributed by atoms with Crippen LogP contribution in [0.25, 0.3) is 0 Å². The molecule has 0 amide bonds. The van der Waals surface area contributed by atoms with Crippen LogP contribution in [0.5, 0.6) is 0 Å². The lowest BCUT2D eigenvalue weighted by Crippen LogP contribution is -2.39. The van der Waals surface area contributed by atoms with Crippen molar-refractivity contribution < 1.29 is 0 Å². The first-order chi connectivity index (χ1) is 14.8. The number of nitrogens with zero attached hydrogens (tertiary/aromatic N) is 2. The van der Waals surface area contributed by atoms with Crippen molar-refractivity contribution in [2.45, 2.75) is 155 Å². The van der Waals surface area contributed by atoms with Crippen LogP contribution in [0.3, 0.4) is 0 Å². The van der Waals surface area contributed by atoms with Crippen LogP contribution in [0.1, 0.15) is 149 Å². The van der Waals surface area contributed by atoms with Crippen LogP contribution in [0.15, 0.2) is 12.4 Å². The van der Waals surface area contributed by atoms with E-state index in [0.717, 1.165) is 0 Å². The molecule has 1 unspecified atom stereocenters. The molecule has 0 spiro atoms. The Hall–Kier alpha value is -0.660. The Morgan fingerprint density at radius 3 is 1.17 bits per heavy atom. The van der Waals surface area contributed by atoms with Crippen LogP contribution in [0.2, 0.25) is 0 Å². The van der Waals surface area contributed by atoms with Gasteiger partial charge < -0.3 is 9.80 Å². The molecule has 0 aromatic heterocycles. The van der Waals surface area contributed by atoms with Crippen molar-refractivity contribution in [3.8, 4) is 0 Å². The molecule has 1 rings (SSSR count). The van der Waals surface area contributed by atoms with E-state index < -0.39 is 0 Å². The van der Waals surface area contributed by atoms with Crippen LogP contribution < -0.4 is 0 Å². The first kappa shape index (κ1) is 27.4. The maximum atomic E-state index is 2.67. The van der Waals surface area contributed by atoms with Gasteiger partial charge in [-0.3, -0.25) is 0 Å². The van der Waals surface area contributed by atoms with Gasteiger partial charge in [0.1, 0.15) is 6.17 Å². The quantitative estimate of drug-likeness (QED) is 0.161. The number of rotatable bonds is 22. The minimum Gasteiger partial charge on any atom is -0.356 e. The van der Waals surface area contributed by atoms with Gasteiger partial charge in [0.25, 0.3) is 0 Å². The van der Waals surface area contributed by atoms with Crippen molar-refractivity contribution in [1.29, 1.82) is 0 Å². The minimum absolute atomic E-state index is 0.645. The molecule has 1 heterocycles. The normalized spacial score (nSPS) is 16.2. The number of unbranched alkanes of at least 4 members (excludes halogenated alkanes) is 16. The Morgan fingerprint density at radius 1 is 0.433 bits per heavy atom. The SMILES string of the molecule is CCCCCCCCCCC1N(CCCCCCC)C=CN1CCCCCCCC. The lowest BCUT2D eigenvalue weighted by molar-refractivity contribution is 0.135. The van der Waals surface area contributed by atoms with E-state index in [2.05, 4.69) is 43.0 Å². The molecule has 178 valence electrons. The predicted octanol–water partition coefficient (Wildman–Crippen LogP) is 9.26. The molecular weight excluding hydrogens is 364 g/mol. The van der Waals surface area contributed by atoms with E-state index in [1.165, 1.54) is 142 Å². The van der Waals surface area contributed by atoms with Crippen molar-refractivity contribution in [3.05, 3.63) is 12.4 Å². The van der Waals surface area contributed by atoms with Crippen LogP contribution in [0.4, 0.5) is 0 Å². The van der Waals surface area contributed by atoms with Crippen LogP contribution in [-0.4, -0.2) is 29.1 Å². The van der Waals surface area contributed by atoms with Gasteiger partial charge in [-0.2, -0.15) is 0 Å².